The number of aromatic amines is 1. The van der Waals surface area contributed by atoms with Crippen molar-refractivity contribution in [3.8, 4) is 11.5 Å². The van der Waals surface area contributed by atoms with Crippen LogP contribution >= 0.6 is 0 Å². The van der Waals surface area contributed by atoms with E-state index >= 15 is 0 Å². The summed E-state index contributed by atoms with van der Waals surface area (Å²) < 4.78 is 11.1. The molecule has 140 valence electrons. The Bertz CT molecular complexity index is 1050. The first kappa shape index (κ1) is 18.4. The number of nitrogens with one attached hydrogen (secondary N) is 2. The van der Waals surface area contributed by atoms with Gasteiger partial charge in [-0.25, -0.2) is 14.8 Å². The molecule has 0 bridgehead atoms. The normalized spacial score (nSPS) is 11.3. The molecule has 0 aliphatic heterocycles. The molecule has 0 saturated carbocycles. The maximum atomic E-state index is 11.9. The van der Waals surface area contributed by atoms with Gasteiger partial charge < -0.3 is 14.5 Å². The van der Waals surface area contributed by atoms with Crippen molar-refractivity contribution in [2.75, 3.05) is 5.32 Å². The lowest BCUT2D eigenvalue weighted by Crippen LogP contribution is -2.27. The number of carbonyl (C=O) groups excluding carboxylic acids is 1. The van der Waals surface area contributed by atoms with Gasteiger partial charge in [0.25, 0.3) is 5.56 Å². The number of rotatable bonds is 3. The molecule has 0 fully saturated rings. The smallest absolute Gasteiger partial charge is 0.412 e. The first-order valence-corrected chi connectivity index (χ1v) is 8.35. The Morgan fingerprint density at radius 2 is 2.00 bits per heavy atom. The Kier molecular flexibility index (Phi) is 4.81. The van der Waals surface area contributed by atoms with Crippen LogP contribution in [0.5, 0.6) is 11.5 Å². The average Bonchev–Trinajstić information content (AvgIpc) is 2.55. The molecule has 0 aliphatic rings. The van der Waals surface area contributed by atoms with E-state index in [9.17, 15) is 9.59 Å². The van der Waals surface area contributed by atoms with E-state index in [0.29, 0.717) is 34.0 Å². The first-order valence-electron chi connectivity index (χ1n) is 8.35. The van der Waals surface area contributed by atoms with Gasteiger partial charge in [0.15, 0.2) is 11.4 Å². The van der Waals surface area contributed by atoms with Crippen LogP contribution in [0.1, 0.15) is 26.5 Å². The van der Waals surface area contributed by atoms with Crippen LogP contribution in [0.15, 0.2) is 41.3 Å². The lowest BCUT2D eigenvalue weighted by molar-refractivity contribution is 0.0636. The van der Waals surface area contributed by atoms with Gasteiger partial charge >= 0.3 is 6.09 Å². The summed E-state index contributed by atoms with van der Waals surface area (Å²) in [6.07, 6.45) is 0.989. The van der Waals surface area contributed by atoms with Gasteiger partial charge in [-0.15, -0.1) is 0 Å². The third kappa shape index (κ3) is 4.60. The number of nitrogens with zero attached hydrogens (tertiary/aromatic N) is 2. The molecular formula is C19H20N4O4. The number of carbonyl (C=O) groups is 1. The van der Waals surface area contributed by atoms with Crippen molar-refractivity contribution in [1.82, 2.24) is 15.0 Å². The summed E-state index contributed by atoms with van der Waals surface area (Å²) in [5.74, 6) is 0.872. The van der Waals surface area contributed by atoms with Gasteiger partial charge in [-0.2, -0.15) is 0 Å². The van der Waals surface area contributed by atoms with Crippen LogP contribution in [0.3, 0.4) is 0 Å². The predicted molar refractivity (Wildman–Crippen MR) is 101 cm³/mol. The number of amides is 1. The van der Waals surface area contributed by atoms with Crippen LogP contribution in [0.2, 0.25) is 0 Å². The molecule has 1 aromatic carbocycles. The van der Waals surface area contributed by atoms with Crippen LogP contribution < -0.4 is 15.6 Å². The summed E-state index contributed by atoms with van der Waals surface area (Å²) in [5.41, 5.74) is 0.732. The Labute approximate surface area is 155 Å². The number of ether oxygens (including phenoxy) is 2. The maximum Gasteiger partial charge on any atom is 0.412 e. The van der Waals surface area contributed by atoms with E-state index in [0.717, 1.165) is 0 Å². The van der Waals surface area contributed by atoms with Crippen molar-refractivity contribution in [3.63, 3.8) is 0 Å². The first-order chi connectivity index (χ1) is 12.7. The molecule has 0 unspecified atom stereocenters. The van der Waals surface area contributed by atoms with Gasteiger partial charge in [-0.1, -0.05) is 6.07 Å². The number of aromatic nitrogens is 3. The van der Waals surface area contributed by atoms with Gasteiger partial charge in [0.05, 0.1) is 0 Å². The fourth-order valence-electron chi connectivity index (χ4n) is 2.32. The molecule has 0 atom stereocenters. The minimum atomic E-state index is -0.592. The van der Waals surface area contributed by atoms with E-state index < -0.39 is 11.7 Å². The molecule has 8 nitrogen and oxygen atoms in total. The summed E-state index contributed by atoms with van der Waals surface area (Å²) in [6.45, 7) is 6.98. The molecule has 0 aliphatic carbocycles. The van der Waals surface area contributed by atoms with Crippen LogP contribution in [-0.2, 0) is 4.74 Å². The summed E-state index contributed by atoms with van der Waals surface area (Å²) >= 11 is 0. The molecule has 2 aromatic heterocycles. The topological polar surface area (TPSA) is 106 Å². The van der Waals surface area contributed by atoms with E-state index in [1.807, 2.05) is 0 Å². The van der Waals surface area contributed by atoms with E-state index in [4.69, 9.17) is 9.47 Å². The lowest BCUT2D eigenvalue weighted by atomic mass is 10.2. The quantitative estimate of drug-likeness (QED) is 0.729. The van der Waals surface area contributed by atoms with Crippen LogP contribution in [-0.4, -0.2) is 26.6 Å². The highest BCUT2D eigenvalue weighted by molar-refractivity contribution is 5.85. The Morgan fingerprint density at radius 1 is 1.22 bits per heavy atom. The minimum absolute atomic E-state index is 0.305. The monoisotopic (exact) mass is 368 g/mol. The van der Waals surface area contributed by atoms with Gasteiger partial charge in [0.1, 0.15) is 22.6 Å². The number of pyridine rings is 1. The standard InChI is InChI=1S/C19H20N4O4/c1-11-17(24)23-15-14(8-9-20-16(15)21-11)26-13-7-5-6-12(10-13)22-18(25)27-19(2,3)4/h5-10H,1-4H3,(H,22,25)(H,23,24). The number of benzene rings is 1. The zero-order chi connectivity index (χ0) is 19.6. The largest absolute Gasteiger partial charge is 0.455 e. The molecule has 27 heavy (non-hydrogen) atoms. The van der Waals surface area contributed by atoms with Crippen molar-refractivity contribution in [2.45, 2.75) is 33.3 Å². The molecule has 3 aromatic rings. The van der Waals surface area contributed by atoms with Crippen molar-refractivity contribution >= 4 is 22.9 Å². The number of aryl methyl sites for hydroxylation is 1. The predicted octanol–water partition coefficient (Wildman–Crippen LogP) is 3.77. The molecule has 3 rings (SSSR count). The van der Waals surface area contributed by atoms with Crippen molar-refractivity contribution < 1.29 is 14.3 Å². The Morgan fingerprint density at radius 3 is 2.74 bits per heavy atom. The van der Waals surface area contributed by atoms with Gasteiger partial charge in [-0.05, 0) is 39.8 Å². The van der Waals surface area contributed by atoms with E-state index in [1.165, 1.54) is 0 Å². The highest BCUT2D eigenvalue weighted by atomic mass is 16.6. The van der Waals surface area contributed by atoms with E-state index in [-0.39, 0.29) is 5.56 Å². The number of fused-ring (bicyclic) bond motifs is 1. The second-order valence-electron chi connectivity index (χ2n) is 6.92. The second-order valence-corrected chi connectivity index (χ2v) is 6.92. The molecular weight excluding hydrogens is 348 g/mol. The molecule has 0 radical (unpaired) electrons. The zero-order valence-electron chi connectivity index (χ0n) is 15.5. The fraction of sp³-hybridized carbons (Fsp3) is 0.263. The van der Waals surface area contributed by atoms with Gasteiger partial charge in [-0.3, -0.25) is 10.1 Å². The third-order valence-corrected chi connectivity index (χ3v) is 3.44. The SMILES string of the molecule is Cc1nc2nccc(Oc3cccc(NC(=O)OC(C)(C)C)c3)c2[nH]c1=O. The van der Waals surface area contributed by atoms with Crippen molar-refractivity contribution in [3.05, 3.63) is 52.6 Å². The van der Waals surface area contributed by atoms with Crippen molar-refractivity contribution in [2.24, 2.45) is 0 Å². The molecule has 0 spiro atoms. The Hall–Kier alpha value is -3.42. The molecule has 0 saturated heterocycles. The zero-order valence-corrected chi connectivity index (χ0v) is 15.5. The number of H-pyrrole nitrogens is 1. The Balaban J connectivity index is 1.85. The third-order valence-electron chi connectivity index (χ3n) is 3.44. The fourth-order valence-corrected chi connectivity index (χ4v) is 2.32. The molecule has 2 heterocycles. The second kappa shape index (κ2) is 7.06. The van der Waals surface area contributed by atoms with E-state index in [2.05, 4.69) is 20.3 Å². The molecule has 2 N–H and O–H groups in total. The average molecular weight is 368 g/mol. The summed E-state index contributed by atoms with van der Waals surface area (Å²) in [6, 6.07) is 8.45. The van der Waals surface area contributed by atoms with Crippen LogP contribution in [0, 0.1) is 6.92 Å². The highest BCUT2D eigenvalue weighted by Gasteiger charge is 2.16. The van der Waals surface area contributed by atoms with Gasteiger partial charge in [0, 0.05) is 24.0 Å². The van der Waals surface area contributed by atoms with Gasteiger partial charge in [0.2, 0.25) is 0 Å². The van der Waals surface area contributed by atoms with Crippen LogP contribution in [0.25, 0.3) is 11.2 Å². The maximum absolute atomic E-state index is 11.9. The van der Waals surface area contributed by atoms with E-state index in [1.54, 1.807) is 64.2 Å². The summed E-state index contributed by atoms with van der Waals surface area (Å²) in [5, 5.41) is 2.65. The lowest BCUT2D eigenvalue weighted by Gasteiger charge is -2.19. The number of hydrogen-bond acceptors (Lipinski definition) is 6. The number of hydrogen-bond donors (Lipinski definition) is 2. The molecule has 1 amide bonds. The number of anilines is 1. The summed E-state index contributed by atoms with van der Waals surface area (Å²) in [4.78, 5) is 34.8. The van der Waals surface area contributed by atoms with Crippen molar-refractivity contribution in [1.29, 1.82) is 0 Å². The molecule has 8 heteroatoms. The minimum Gasteiger partial charge on any atom is -0.455 e. The summed E-state index contributed by atoms with van der Waals surface area (Å²) in [7, 11) is 0. The highest BCUT2D eigenvalue weighted by Crippen LogP contribution is 2.28. The van der Waals surface area contributed by atoms with Crippen LogP contribution in [0.4, 0.5) is 10.5 Å².